The number of guanidine groups is 1. The zero-order valence-electron chi connectivity index (χ0n) is 15.5. The highest BCUT2D eigenvalue weighted by Gasteiger charge is 2.32. The summed E-state index contributed by atoms with van der Waals surface area (Å²) in [5.74, 6) is 2.41. The summed E-state index contributed by atoms with van der Waals surface area (Å²) in [6.45, 7) is 8.30. The molecule has 2 heterocycles. The standard InChI is InChI=1S/C17H32N4O2.HI/c1-13(2)19-17(18-11-16(22)20(3)4)21-8-5-15(12-21)14-6-9-23-10-7-14;/h13-15H,5-12H2,1-4H3,(H,18,19);1H. The number of aliphatic imine (C=N–C) groups is 1. The number of nitrogens with zero attached hydrogens (tertiary/aromatic N) is 3. The first kappa shape index (κ1) is 21.5. The molecule has 24 heavy (non-hydrogen) atoms. The van der Waals surface area contributed by atoms with E-state index in [-0.39, 0.29) is 36.4 Å². The Morgan fingerprint density at radius 3 is 2.50 bits per heavy atom. The summed E-state index contributed by atoms with van der Waals surface area (Å²) < 4.78 is 5.48. The van der Waals surface area contributed by atoms with Crippen LogP contribution in [-0.4, -0.2) is 74.7 Å². The highest BCUT2D eigenvalue weighted by Crippen LogP contribution is 2.31. The van der Waals surface area contributed by atoms with Crippen LogP contribution in [-0.2, 0) is 9.53 Å². The van der Waals surface area contributed by atoms with Crippen LogP contribution in [0.4, 0.5) is 0 Å². The summed E-state index contributed by atoms with van der Waals surface area (Å²) in [7, 11) is 3.54. The van der Waals surface area contributed by atoms with Gasteiger partial charge < -0.3 is 19.9 Å². The third kappa shape index (κ3) is 6.38. The molecule has 1 amide bonds. The van der Waals surface area contributed by atoms with Crippen LogP contribution in [0, 0.1) is 11.8 Å². The van der Waals surface area contributed by atoms with Crippen LogP contribution in [0.3, 0.4) is 0 Å². The van der Waals surface area contributed by atoms with E-state index in [4.69, 9.17) is 4.74 Å². The van der Waals surface area contributed by atoms with Crippen LogP contribution >= 0.6 is 24.0 Å². The fraction of sp³-hybridized carbons (Fsp3) is 0.882. The van der Waals surface area contributed by atoms with Crippen molar-refractivity contribution in [2.75, 3.05) is 46.9 Å². The van der Waals surface area contributed by atoms with Gasteiger partial charge in [-0.3, -0.25) is 4.79 Å². The number of amides is 1. The Morgan fingerprint density at radius 2 is 1.92 bits per heavy atom. The minimum Gasteiger partial charge on any atom is -0.381 e. The topological polar surface area (TPSA) is 57.2 Å². The minimum atomic E-state index is 0. The van der Waals surface area contributed by atoms with Gasteiger partial charge in [0.2, 0.25) is 5.91 Å². The van der Waals surface area contributed by atoms with Gasteiger partial charge in [-0.25, -0.2) is 4.99 Å². The van der Waals surface area contributed by atoms with Crippen LogP contribution < -0.4 is 5.32 Å². The zero-order valence-corrected chi connectivity index (χ0v) is 17.8. The molecule has 2 saturated heterocycles. The lowest BCUT2D eigenvalue weighted by atomic mass is 9.85. The van der Waals surface area contributed by atoms with E-state index >= 15 is 0 Å². The Labute approximate surface area is 163 Å². The lowest BCUT2D eigenvalue weighted by molar-refractivity contribution is -0.127. The molecule has 0 aliphatic carbocycles. The number of hydrogen-bond donors (Lipinski definition) is 1. The molecule has 0 aromatic carbocycles. The Hall–Kier alpha value is -0.570. The molecule has 6 nitrogen and oxygen atoms in total. The van der Waals surface area contributed by atoms with Crippen molar-refractivity contribution in [2.24, 2.45) is 16.8 Å². The van der Waals surface area contributed by atoms with Gasteiger partial charge in [-0.15, -0.1) is 24.0 Å². The van der Waals surface area contributed by atoms with Gasteiger partial charge in [0.05, 0.1) is 0 Å². The molecule has 0 bridgehead atoms. The number of ether oxygens (including phenoxy) is 1. The van der Waals surface area contributed by atoms with Gasteiger partial charge in [0.1, 0.15) is 6.54 Å². The maximum absolute atomic E-state index is 11.8. The third-order valence-electron chi connectivity index (χ3n) is 4.74. The summed E-state index contributed by atoms with van der Waals surface area (Å²) in [4.78, 5) is 20.3. The summed E-state index contributed by atoms with van der Waals surface area (Å²) in [6, 6.07) is 0.310. The average Bonchev–Trinajstić information content (AvgIpc) is 3.01. The van der Waals surface area contributed by atoms with Crippen LogP contribution in [0.5, 0.6) is 0 Å². The van der Waals surface area contributed by atoms with Crippen molar-refractivity contribution in [3.05, 3.63) is 0 Å². The number of likely N-dealkylation sites (N-methyl/N-ethyl adjacent to an activating group) is 1. The predicted molar refractivity (Wildman–Crippen MR) is 108 cm³/mol. The minimum absolute atomic E-state index is 0. The zero-order chi connectivity index (χ0) is 16.8. The molecule has 1 unspecified atom stereocenters. The van der Waals surface area contributed by atoms with Crippen molar-refractivity contribution in [3.63, 3.8) is 0 Å². The second-order valence-corrected chi connectivity index (χ2v) is 7.17. The van der Waals surface area contributed by atoms with Crippen molar-refractivity contribution >= 4 is 35.8 Å². The molecule has 0 spiro atoms. The van der Waals surface area contributed by atoms with Crippen molar-refractivity contribution in [3.8, 4) is 0 Å². The van der Waals surface area contributed by atoms with Gasteiger partial charge in [-0.05, 0) is 44.9 Å². The highest BCUT2D eigenvalue weighted by molar-refractivity contribution is 14.0. The molecule has 7 heteroatoms. The maximum Gasteiger partial charge on any atom is 0.243 e. The molecule has 0 aromatic rings. The first-order valence-corrected chi connectivity index (χ1v) is 8.81. The molecule has 0 radical (unpaired) electrons. The van der Waals surface area contributed by atoms with Crippen molar-refractivity contribution in [1.29, 1.82) is 0 Å². The molecule has 140 valence electrons. The second-order valence-electron chi connectivity index (χ2n) is 7.17. The van der Waals surface area contributed by atoms with Gasteiger partial charge in [-0.1, -0.05) is 0 Å². The molecule has 0 aromatic heterocycles. The Balaban J connectivity index is 0.00000288. The monoisotopic (exact) mass is 452 g/mol. The molecule has 2 fully saturated rings. The molecule has 1 N–H and O–H groups in total. The molecule has 2 aliphatic heterocycles. The molecule has 0 saturated carbocycles. The van der Waals surface area contributed by atoms with Crippen molar-refractivity contribution in [2.45, 2.75) is 39.2 Å². The number of likely N-dealkylation sites (tertiary alicyclic amines) is 1. The van der Waals surface area contributed by atoms with E-state index in [2.05, 4.69) is 29.1 Å². The maximum atomic E-state index is 11.8. The van der Waals surface area contributed by atoms with E-state index in [0.717, 1.165) is 44.1 Å². The van der Waals surface area contributed by atoms with Crippen LogP contribution in [0.2, 0.25) is 0 Å². The highest BCUT2D eigenvalue weighted by atomic mass is 127. The second kappa shape index (κ2) is 10.4. The van der Waals surface area contributed by atoms with Gasteiger partial charge in [-0.2, -0.15) is 0 Å². The Kier molecular flexibility index (Phi) is 9.33. The van der Waals surface area contributed by atoms with E-state index in [1.807, 2.05) is 0 Å². The van der Waals surface area contributed by atoms with E-state index in [9.17, 15) is 4.79 Å². The first-order chi connectivity index (χ1) is 11.0. The van der Waals surface area contributed by atoms with Gasteiger partial charge >= 0.3 is 0 Å². The normalized spacial score (nSPS) is 22.5. The largest absolute Gasteiger partial charge is 0.381 e. The Bertz CT molecular complexity index is 423. The van der Waals surface area contributed by atoms with E-state index in [1.54, 1.807) is 19.0 Å². The SMILES string of the molecule is CC(C)NC(=NCC(=O)N(C)C)N1CCC(C2CCOCC2)C1.I. The van der Waals surface area contributed by atoms with Crippen LogP contribution in [0.1, 0.15) is 33.1 Å². The molecule has 1 atom stereocenters. The lowest BCUT2D eigenvalue weighted by Crippen LogP contribution is -2.44. The number of hydrogen-bond acceptors (Lipinski definition) is 3. The van der Waals surface area contributed by atoms with E-state index in [1.165, 1.54) is 19.3 Å². The van der Waals surface area contributed by atoms with E-state index < -0.39 is 0 Å². The number of halogens is 1. The molecule has 2 rings (SSSR count). The molecule has 2 aliphatic rings. The number of rotatable bonds is 4. The Morgan fingerprint density at radius 1 is 1.25 bits per heavy atom. The fourth-order valence-electron chi connectivity index (χ4n) is 3.33. The van der Waals surface area contributed by atoms with Crippen molar-refractivity contribution in [1.82, 2.24) is 15.1 Å². The summed E-state index contributed by atoms with van der Waals surface area (Å²) in [5, 5.41) is 3.42. The predicted octanol–water partition coefficient (Wildman–Crippen LogP) is 1.80. The number of carbonyl (C=O) groups is 1. The van der Waals surface area contributed by atoms with Gasteiger partial charge in [0.15, 0.2) is 5.96 Å². The molecular formula is C17H33IN4O2. The lowest BCUT2D eigenvalue weighted by Gasteiger charge is -2.28. The van der Waals surface area contributed by atoms with Crippen molar-refractivity contribution < 1.29 is 9.53 Å². The quantitative estimate of drug-likeness (QED) is 0.402. The fourth-order valence-corrected chi connectivity index (χ4v) is 3.33. The summed E-state index contributed by atoms with van der Waals surface area (Å²) in [6.07, 6.45) is 3.58. The van der Waals surface area contributed by atoms with Gasteiger partial charge in [0.25, 0.3) is 0 Å². The average molecular weight is 452 g/mol. The smallest absolute Gasteiger partial charge is 0.243 e. The summed E-state index contributed by atoms with van der Waals surface area (Å²) >= 11 is 0. The summed E-state index contributed by atoms with van der Waals surface area (Å²) in [5.41, 5.74) is 0. The third-order valence-corrected chi connectivity index (χ3v) is 4.74. The first-order valence-electron chi connectivity index (χ1n) is 8.81. The molecular weight excluding hydrogens is 419 g/mol. The van der Waals surface area contributed by atoms with E-state index in [0.29, 0.717) is 6.04 Å². The number of nitrogens with one attached hydrogen (secondary N) is 1. The van der Waals surface area contributed by atoms with Gasteiger partial charge in [0, 0.05) is 46.4 Å². The van der Waals surface area contributed by atoms with Crippen LogP contribution in [0.15, 0.2) is 4.99 Å². The number of carbonyl (C=O) groups excluding carboxylic acids is 1. The van der Waals surface area contributed by atoms with Crippen LogP contribution in [0.25, 0.3) is 0 Å².